The minimum Gasteiger partial charge on any atom is -0.391 e. The highest BCUT2D eigenvalue weighted by Crippen LogP contribution is 2.15. The molecule has 0 radical (unpaired) electrons. The standard InChI is InChI=1S/C13H18ClNO2/c1-8(2)12(16)7-15-13(17)11-6-10(14)5-4-9(11)3/h4-6,8,12,16H,7H2,1-3H3,(H,15,17). The molecule has 0 bridgehead atoms. The third kappa shape index (κ3) is 4.02. The maximum atomic E-state index is 11.9. The second kappa shape index (κ2) is 6.03. The molecule has 0 heterocycles. The first kappa shape index (κ1) is 14.0. The molecule has 0 saturated carbocycles. The molecule has 4 heteroatoms. The van der Waals surface area contributed by atoms with Crippen molar-refractivity contribution in [2.75, 3.05) is 6.54 Å². The Morgan fingerprint density at radius 1 is 1.47 bits per heavy atom. The van der Waals surface area contributed by atoms with Crippen molar-refractivity contribution in [3.05, 3.63) is 34.3 Å². The predicted molar refractivity (Wildman–Crippen MR) is 69.4 cm³/mol. The average molecular weight is 256 g/mol. The number of benzene rings is 1. The second-order valence-electron chi connectivity index (χ2n) is 4.48. The molecule has 0 spiro atoms. The Hall–Kier alpha value is -1.06. The van der Waals surface area contributed by atoms with E-state index in [1.54, 1.807) is 18.2 Å². The van der Waals surface area contributed by atoms with E-state index in [1.165, 1.54) is 0 Å². The molecule has 0 aliphatic rings. The Bertz CT molecular complexity index is 404. The fraction of sp³-hybridized carbons (Fsp3) is 0.462. The number of nitrogens with one attached hydrogen (secondary N) is 1. The van der Waals surface area contributed by atoms with Crippen molar-refractivity contribution in [2.45, 2.75) is 26.9 Å². The van der Waals surface area contributed by atoms with Gasteiger partial charge in [0.15, 0.2) is 0 Å². The van der Waals surface area contributed by atoms with Crippen molar-refractivity contribution < 1.29 is 9.90 Å². The maximum absolute atomic E-state index is 11.9. The van der Waals surface area contributed by atoms with E-state index < -0.39 is 6.10 Å². The number of aryl methyl sites for hydroxylation is 1. The van der Waals surface area contributed by atoms with Crippen molar-refractivity contribution >= 4 is 17.5 Å². The van der Waals surface area contributed by atoms with Crippen LogP contribution in [0.2, 0.25) is 5.02 Å². The van der Waals surface area contributed by atoms with E-state index in [4.69, 9.17) is 11.6 Å². The van der Waals surface area contributed by atoms with Gasteiger partial charge in [0.2, 0.25) is 0 Å². The quantitative estimate of drug-likeness (QED) is 0.868. The monoisotopic (exact) mass is 255 g/mol. The van der Waals surface area contributed by atoms with E-state index in [9.17, 15) is 9.90 Å². The largest absolute Gasteiger partial charge is 0.391 e. The summed E-state index contributed by atoms with van der Waals surface area (Å²) >= 11 is 5.84. The third-order valence-corrected chi connectivity index (χ3v) is 2.92. The number of aliphatic hydroxyl groups excluding tert-OH is 1. The number of hydrogen-bond donors (Lipinski definition) is 2. The van der Waals surface area contributed by atoms with Crippen molar-refractivity contribution in [2.24, 2.45) is 5.92 Å². The highest BCUT2D eigenvalue weighted by Gasteiger charge is 2.13. The van der Waals surface area contributed by atoms with Gasteiger partial charge in [-0.15, -0.1) is 0 Å². The Morgan fingerprint density at radius 3 is 2.71 bits per heavy atom. The summed E-state index contributed by atoms with van der Waals surface area (Å²) in [4.78, 5) is 11.9. The van der Waals surface area contributed by atoms with Crippen LogP contribution in [-0.4, -0.2) is 23.7 Å². The summed E-state index contributed by atoms with van der Waals surface area (Å²) in [7, 11) is 0. The first-order valence-corrected chi connectivity index (χ1v) is 6.02. The fourth-order valence-corrected chi connectivity index (χ4v) is 1.54. The van der Waals surface area contributed by atoms with E-state index >= 15 is 0 Å². The average Bonchev–Trinajstić information content (AvgIpc) is 2.28. The number of hydrogen-bond acceptors (Lipinski definition) is 2. The Labute approximate surface area is 107 Å². The lowest BCUT2D eigenvalue weighted by Gasteiger charge is -2.15. The van der Waals surface area contributed by atoms with Crippen LogP contribution in [0, 0.1) is 12.8 Å². The van der Waals surface area contributed by atoms with Gasteiger partial charge in [-0.1, -0.05) is 31.5 Å². The van der Waals surface area contributed by atoms with Crippen LogP contribution in [0.25, 0.3) is 0 Å². The smallest absolute Gasteiger partial charge is 0.251 e. The second-order valence-corrected chi connectivity index (χ2v) is 4.92. The highest BCUT2D eigenvalue weighted by atomic mass is 35.5. The Balaban J connectivity index is 2.67. The van der Waals surface area contributed by atoms with Crippen LogP contribution < -0.4 is 5.32 Å². The molecular formula is C13H18ClNO2. The molecule has 1 aromatic carbocycles. The highest BCUT2D eigenvalue weighted by molar-refractivity contribution is 6.31. The summed E-state index contributed by atoms with van der Waals surface area (Å²) in [5.41, 5.74) is 1.42. The van der Waals surface area contributed by atoms with Crippen LogP contribution in [0.5, 0.6) is 0 Å². The van der Waals surface area contributed by atoms with Gasteiger partial charge in [-0.25, -0.2) is 0 Å². The van der Waals surface area contributed by atoms with E-state index in [0.717, 1.165) is 5.56 Å². The van der Waals surface area contributed by atoms with Gasteiger partial charge in [0, 0.05) is 17.1 Å². The van der Waals surface area contributed by atoms with Crippen molar-refractivity contribution in [1.82, 2.24) is 5.32 Å². The lowest BCUT2D eigenvalue weighted by atomic mass is 10.1. The van der Waals surface area contributed by atoms with E-state index in [0.29, 0.717) is 10.6 Å². The zero-order valence-electron chi connectivity index (χ0n) is 10.3. The van der Waals surface area contributed by atoms with Crippen molar-refractivity contribution in [3.8, 4) is 0 Å². The normalized spacial score (nSPS) is 12.6. The number of carbonyl (C=O) groups is 1. The minimum absolute atomic E-state index is 0.121. The summed E-state index contributed by atoms with van der Waals surface area (Å²) in [6.45, 7) is 5.91. The van der Waals surface area contributed by atoms with E-state index in [2.05, 4.69) is 5.32 Å². The lowest BCUT2D eigenvalue weighted by molar-refractivity contribution is 0.0871. The molecule has 0 aromatic heterocycles. The Morgan fingerprint density at radius 2 is 2.12 bits per heavy atom. The molecular weight excluding hydrogens is 238 g/mol. The molecule has 0 saturated heterocycles. The minimum atomic E-state index is -0.529. The number of halogens is 1. The number of amides is 1. The Kier molecular flexibility index (Phi) is 4.97. The number of aliphatic hydroxyl groups is 1. The molecule has 3 nitrogen and oxygen atoms in total. The van der Waals surface area contributed by atoms with Crippen LogP contribution in [0.15, 0.2) is 18.2 Å². The first-order valence-electron chi connectivity index (χ1n) is 5.64. The van der Waals surface area contributed by atoms with E-state index in [1.807, 2.05) is 20.8 Å². The van der Waals surface area contributed by atoms with Gasteiger partial charge in [0.25, 0.3) is 5.91 Å². The summed E-state index contributed by atoms with van der Waals surface area (Å²) < 4.78 is 0. The van der Waals surface area contributed by atoms with E-state index in [-0.39, 0.29) is 18.4 Å². The van der Waals surface area contributed by atoms with Gasteiger partial charge in [-0.2, -0.15) is 0 Å². The molecule has 0 aliphatic carbocycles. The predicted octanol–water partition coefficient (Wildman–Crippen LogP) is 2.40. The van der Waals surface area contributed by atoms with Gasteiger partial charge in [0.1, 0.15) is 0 Å². The zero-order chi connectivity index (χ0) is 13.0. The third-order valence-electron chi connectivity index (χ3n) is 2.69. The molecule has 0 fully saturated rings. The van der Waals surface area contributed by atoms with Gasteiger partial charge >= 0.3 is 0 Å². The summed E-state index contributed by atoms with van der Waals surface area (Å²) in [5, 5.41) is 12.8. The molecule has 2 N–H and O–H groups in total. The van der Waals surface area contributed by atoms with Gasteiger partial charge in [-0.05, 0) is 30.5 Å². The summed E-state index contributed by atoms with van der Waals surface area (Å²) in [6, 6.07) is 5.18. The lowest BCUT2D eigenvalue weighted by Crippen LogP contribution is -2.35. The summed E-state index contributed by atoms with van der Waals surface area (Å²) in [5.74, 6) is -0.0829. The summed E-state index contributed by atoms with van der Waals surface area (Å²) in [6.07, 6.45) is -0.529. The van der Waals surface area contributed by atoms with Crippen LogP contribution >= 0.6 is 11.6 Å². The maximum Gasteiger partial charge on any atom is 0.251 e. The molecule has 1 amide bonds. The molecule has 1 unspecified atom stereocenters. The van der Waals surface area contributed by atoms with Gasteiger partial charge in [-0.3, -0.25) is 4.79 Å². The van der Waals surface area contributed by atoms with Gasteiger partial charge in [0.05, 0.1) is 6.10 Å². The first-order chi connectivity index (χ1) is 7.91. The number of rotatable bonds is 4. The fourth-order valence-electron chi connectivity index (χ4n) is 1.37. The molecule has 0 aliphatic heterocycles. The van der Waals surface area contributed by atoms with Crippen LogP contribution in [0.3, 0.4) is 0 Å². The van der Waals surface area contributed by atoms with Crippen molar-refractivity contribution in [1.29, 1.82) is 0 Å². The molecule has 1 aromatic rings. The molecule has 1 atom stereocenters. The zero-order valence-corrected chi connectivity index (χ0v) is 11.1. The van der Waals surface area contributed by atoms with Gasteiger partial charge < -0.3 is 10.4 Å². The number of carbonyl (C=O) groups excluding carboxylic acids is 1. The molecule has 17 heavy (non-hydrogen) atoms. The van der Waals surface area contributed by atoms with Crippen LogP contribution in [0.1, 0.15) is 29.8 Å². The molecule has 1 rings (SSSR count). The van der Waals surface area contributed by atoms with Crippen molar-refractivity contribution in [3.63, 3.8) is 0 Å². The molecule has 94 valence electrons. The van der Waals surface area contributed by atoms with Crippen LogP contribution in [-0.2, 0) is 0 Å². The SMILES string of the molecule is Cc1ccc(Cl)cc1C(=O)NCC(O)C(C)C. The van der Waals surface area contributed by atoms with Crippen LogP contribution in [0.4, 0.5) is 0 Å². The topological polar surface area (TPSA) is 49.3 Å².